The van der Waals surface area contributed by atoms with Crippen LogP contribution in [-0.4, -0.2) is 47.1 Å². The van der Waals surface area contributed by atoms with E-state index in [1.165, 1.54) is 24.3 Å². The molecule has 0 fully saturated rings. The van der Waals surface area contributed by atoms with Gasteiger partial charge in [-0.05, 0) is 53.8 Å². The van der Waals surface area contributed by atoms with Crippen LogP contribution < -0.4 is 5.73 Å². The van der Waals surface area contributed by atoms with Crippen molar-refractivity contribution in [3.63, 3.8) is 0 Å². The molecule has 4 rings (SSSR count). The predicted octanol–water partition coefficient (Wildman–Crippen LogP) is 9.20. The summed E-state index contributed by atoms with van der Waals surface area (Å²) in [4.78, 5) is 39.3. The van der Waals surface area contributed by atoms with E-state index in [4.69, 9.17) is 10.5 Å². The molecule has 1 aromatic heterocycles. The highest BCUT2D eigenvalue weighted by atomic mass is 28.3. The molecule has 4 aromatic rings. The molecule has 0 spiro atoms. The van der Waals surface area contributed by atoms with Gasteiger partial charge in [0.15, 0.2) is 0 Å². The van der Waals surface area contributed by atoms with E-state index >= 15 is 4.39 Å². The van der Waals surface area contributed by atoms with Crippen molar-refractivity contribution in [3.05, 3.63) is 124 Å². The molecule has 0 saturated heterocycles. The van der Waals surface area contributed by atoms with Gasteiger partial charge in [-0.15, -0.1) is 0 Å². The number of aromatic nitrogens is 1. The third kappa shape index (κ3) is 9.87. The average molecular weight is 705 g/mol. The van der Waals surface area contributed by atoms with Crippen LogP contribution in [0.1, 0.15) is 61.3 Å². The number of halogens is 2. The second-order valence-corrected chi connectivity index (χ2v) is 20.5. The Bertz CT molecular complexity index is 1800. The van der Waals surface area contributed by atoms with Gasteiger partial charge < -0.3 is 19.9 Å². The largest absolute Gasteiger partial charge is 0.450 e. The summed E-state index contributed by atoms with van der Waals surface area (Å²) in [6.07, 6.45) is 1.73. The molecule has 9 nitrogen and oxygen atoms in total. The first-order valence-corrected chi connectivity index (χ1v) is 20.3. The maximum absolute atomic E-state index is 15.3. The minimum Gasteiger partial charge on any atom is -0.450 e. The lowest BCUT2D eigenvalue weighted by Gasteiger charge is -2.45. The highest BCUT2D eigenvalue weighted by Gasteiger charge is 2.41. The molecule has 3 aromatic carbocycles. The number of primary amides is 1. The first-order chi connectivity index (χ1) is 23.4. The second kappa shape index (κ2) is 15.8. The summed E-state index contributed by atoms with van der Waals surface area (Å²) in [5, 5.41) is 11.5. The van der Waals surface area contributed by atoms with Gasteiger partial charge in [-0.2, -0.15) is 0 Å². The molecular weight excluding hydrogens is 659 g/mol. The van der Waals surface area contributed by atoms with E-state index in [1.54, 1.807) is 11.1 Å². The van der Waals surface area contributed by atoms with E-state index in [0.717, 1.165) is 29.8 Å². The van der Waals surface area contributed by atoms with Crippen LogP contribution in [0.4, 0.5) is 19.3 Å². The van der Waals surface area contributed by atoms with Crippen LogP contribution in [0.25, 0.3) is 11.1 Å². The molecule has 2 atom stereocenters. The van der Waals surface area contributed by atoms with Gasteiger partial charge in [0.1, 0.15) is 11.6 Å². The molecule has 0 bridgehead atoms. The van der Waals surface area contributed by atoms with Gasteiger partial charge in [0.05, 0.1) is 17.6 Å². The number of non-ortho nitro benzene ring substituents is 1. The second-order valence-electron chi connectivity index (χ2n) is 14.9. The summed E-state index contributed by atoms with van der Waals surface area (Å²) in [5.41, 5.74) is 6.97. The van der Waals surface area contributed by atoms with E-state index in [0.29, 0.717) is 24.2 Å². The summed E-state index contributed by atoms with van der Waals surface area (Å²) < 4.78 is 36.9. The Balaban J connectivity index is 1.99. The van der Waals surface area contributed by atoms with Gasteiger partial charge in [0.25, 0.3) is 11.6 Å². The zero-order valence-electron chi connectivity index (χ0n) is 29.5. The molecular formula is C38H46F2N4O5Si. The van der Waals surface area contributed by atoms with Crippen LogP contribution in [0.2, 0.25) is 25.7 Å². The lowest BCUT2D eigenvalue weighted by atomic mass is 9.81. The van der Waals surface area contributed by atoms with Crippen LogP contribution in [0.3, 0.4) is 0 Å². The molecule has 1 unspecified atom stereocenters. The molecule has 0 radical (unpaired) electrons. The number of carbonyl (C=O) groups excluding carboxylic acids is 2. The van der Waals surface area contributed by atoms with Gasteiger partial charge in [-0.3, -0.25) is 14.9 Å². The number of hydrogen-bond acceptors (Lipinski definition) is 5. The molecule has 0 aliphatic carbocycles. The van der Waals surface area contributed by atoms with Crippen LogP contribution in [0, 0.1) is 27.2 Å². The van der Waals surface area contributed by atoms with E-state index in [2.05, 4.69) is 19.6 Å². The Labute approximate surface area is 293 Å². The quantitative estimate of drug-likeness (QED) is 0.0797. The summed E-state index contributed by atoms with van der Waals surface area (Å²) in [5.74, 6) is -1.54. The van der Waals surface area contributed by atoms with E-state index in [-0.39, 0.29) is 35.7 Å². The van der Waals surface area contributed by atoms with Crippen molar-refractivity contribution in [1.29, 1.82) is 0 Å². The lowest BCUT2D eigenvalue weighted by Crippen LogP contribution is -2.49. The number of ether oxygens (including phenoxy) is 1. The number of nitro groups is 1. The zero-order chi connectivity index (χ0) is 36.8. The predicted molar refractivity (Wildman–Crippen MR) is 194 cm³/mol. The van der Waals surface area contributed by atoms with Crippen molar-refractivity contribution in [2.24, 2.45) is 11.1 Å². The number of carbonyl (C=O) groups is 2. The van der Waals surface area contributed by atoms with Gasteiger partial charge in [-0.25, -0.2) is 13.6 Å². The van der Waals surface area contributed by atoms with Gasteiger partial charge in [0, 0.05) is 67.8 Å². The van der Waals surface area contributed by atoms with E-state index < -0.39 is 48.2 Å². The zero-order valence-corrected chi connectivity index (χ0v) is 30.5. The van der Waals surface area contributed by atoms with E-state index in [9.17, 15) is 24.1 Å². The molecule has 2 amide bonds. The van der Waals surface area contributed by atoms with Crippen LogP contribution in [-0.2, 0) is 11.3 Å². The third-order valence-corrected chi connectivity index (χ3v) is 10.4. The van der Waals surface area contributed by atoms with E-state index in [1.807, 2.05) is 61.7 Å². The SMILES string of the molecule is CC(C)(C)[C@H](c1cc(-c2cc(F)ccc2F)cn1Cc1ccccc1)N(C(=O)c1ccc([N+](=O)[O-])cc1)C(CCOC(N)=O)CC[Si](C)(C)C. The van der Waals surface area contributed by atoms with Crippen LogP contribution in [0.15, 0.2) is 85.1 Å². The number of amides is 2. The van der Waals surface area contributed by atoms with Crippen LogP contribution in [0.5, 0.6) is 0 Å². The Morgan fingerprint density at radius 1 is 0.980 bits per heavy atom. The van der Waals surface area contributed by atoms with Crippen molar-refractivity contribution in [2.45, 2.75) is 77.9 Å². The maximum Gasteiger partial charge on any atom is 0.404 e. The normalized spacial score (nSPS) is 13.0. The Kier molecular flexibility index (Phi) is 12.0. The van der Waals surface area contributed by atoms with Crippen molar-refractivity contribution in [1.82, 2.24) is 9.47 Å². The molecule has 0 aliphatic rings. The number of hydrogen-bond donors (Lipinski definition) is 1. The highest BCUT2D eigenvalue weighted by molar-refractivity contribution is 6.76. The van der Waals surface area contributed by atoms with Gasteiger partial charge in [0.2, 0.25) is 0 Å². The molecule has 0 saturated carbocycles. The standard InChI is InChI=1S/C38H46F2N4O5Si/c1-38(2,3)35(34-22-28(32-23-29(39)14-17-33(32)40)25-42(34)24-26-10-8-7-9-11-26)43(36(45)27-12-15-31(16-13-27)44(47)48)30(18-20-49-37(41)46)19-21-50(4,5)6/h7-17,22-23,25,30,35H,18-21,24H2,1-6H3,(H2,41,46)/t30?,35-/m0/s1. The van der Waals surface area contributed by atoms with Gasteiger partial charge in [-0.1, -0.05) is 76.8 Å². The fourth-order valence-electron chi connectivity index (χ4n) is 6.23. The first kappa shape index (κ1) is 38.0. The number of nitrogens with two attached hydrogens (primary N) is 1. The van der Waals surface area contributed by atoms with Gasteiger partial charge >= 0.3 is 6.09 Å². The fourth-order valence-corrected chi connectivity index (χ4v) is 7.43. The summed E-state index contributed by atoms with van der Waals surface area (Å²) >= 11 is 0. The van der Waals surface area contributed by atoms with Crippen molar-refractivity contribution in [2.75, 3.05) is 6.61 Å². The molecule has 2 N–H and O–H groups in total. The minimum absolute atomic E-state index is 0.0304. The molecule has 1 heterocycles. The molecule has 266 valence electrons. The number of benzene rings is 3. The summed E-state index contributed by atoms with van der Waals surface area (Å²) in [7, 11) is -1.66. The number of nitrogens with zero attached hydrogens (tertiary/aromatic N) is 3. The summed E-state index contributed by atoms with van der Waals surface area (Å²) in [6, 6.07) is 20.0. The smallest absolute Gasteiger partial charge is 0.404 e. The third-order valence-electron chi connectivity index (χ3n) is 8.62. The maximum atomic E-state index is 15.3. The first-order valence-electron chi connectivity index (χ1n) is 16.6. The van der Waals surface area contributed by atoms with Crippen LogP contribution >= 0.6 is 0 Å². The topological polar surface area (TPSA) is 121 Å². The number of nitro benzene ring substituents is 1. The van der Waals surface area contributed by atoms with Crippen molar-refractivity contribution >= 4 is 25.8 Å². The molecule has 50 heavy (non-hydrogen) atoms. The van der Waals surface area contributed by atoms with Crippen molar-refractivity contribution < 1.29 is 28.0 Å². The molecule has 12 heteroatoms. The summed E-state index contributed by atoms with van der Waals surface area (Å²) in [6.45, 7) is 13.1. The fraction of sp³-hybridized carbons (Fsp3) is 0.368. The average Bonchev–Trinajstić information content (AvgIpc) is 3.44. The Hall–Kier alpha value is -4.84. The highest BCUT2D eigenvalue weighted by Crippen LogP contribution is 2.44. The molecule has 0 aliphatic heterocycles. The number of rotatable bonds is 14. The van der Waals surface area contributed by atoms with Crippen molar-refractivity contribution in [3.8, 4) is 11.1 Å². The Morgan fingerprint density at radius 2 is 1.64 bits per heavy atom. The monoisotopic (exact) mass is 704 g/mol. The Morgan fingerprint density at radius 3 is 2.22 bits per heavy atom. The minimum atomic E-state index is -1.66. The lowest BCUT2D eigenvalue weighted by molar-refractivity contribution is -0.384.